The lowest BCUT2D eigenvalue weighted by molar-refractivity contribution is -0.124. The number of carbonyl (C=O) groups is 1. The summed E-state index contributed by atoms with van der Waals surface area (Å²) < 4.78 is 22.0. The van der Waals surface area contributed by atoms with Gasteiger partial charge in [-0.15, -0.1) is 0 Å². The summed E-state index contributed by atoms with van der Waals surface area (Å²) in [7, 11) is -4.40. The van der Waals surface area contributed by atoms with E-state index in [2.05, 4.69) is 43.5 Å². The SMILES string of the molecule is CCCCCCC/C=C/CC/C=C/C(O)C(COP(=O)(O)OCCN)NC(=O)CC(O)CCCCCCC/C=C\CCCCCCCCCCC. The summed E-state index contributed by atoms with van der Waals surface area (Å²) in [6, 6.07) is -0.999. The van der Waals surface area contributed by atoms with Crippen molar-refractivity contribution in [2.75, 3.05) is 19.8 Å². The van der Waals surface area contributed by atoms with Gasteiger partial charge in [-0.2, -0.15) is 0 Å². The van der Waals surface area contributed by atoms with Crippen molar-refractivity contribution in [1.29, 1.82) is 0 Å². The van der Waals surface area contributed by atoms with Crippen LogP contribution in [0.1, 0.15) is 181 Å². The molecule has 4 atom stereocenters. The molecule has 1 amide bonds. The van der Waals surface area contributed by atoms with Gasteiger partial charge in [0.05, 0.1) is 37.9 Å². The summed E-state index contributed by atoms with van der Waals surface area (Å²) in [4.78, 5) is 22.7. The molecule has 51 heavy (non-hydrogen) atoms. The second-order valence-electron chi connectivity index (χ2n) is 14.0. The van der Waals surface area contributed by atoms with Crippen LogP contribution < -0.4 is 11.1 Å². The van der Waals surface area contributed by atoms with E-state index >= 15 is 0 Å². The first-order valence-corrected chi connectivity index (χ1v) is 22.2. The van der Waals surface area contributed by atoms with Crippen LogP contribution in [0.25, 0.3) is 0 Å². The van der Waals surface area contributed by atoms with Gasteiger partial charge in [0, 0.05) is 6.54 Å². The summed E-state index contributed by atoms with van der Waals surface area (Å²) in [6.45, 7) is 3.91. The Labute approximate surface area is 312 Å². The van der Waals surface area contributed by atoms with E-state index in [-0.39, 0.29) is 19.6 Å². The highest BCUT2D eigenvalue weighted by molar-refractivity contribution is 7.47. The molecule has 0 aliphatic heterocycles. The number of carbonyl (C=O) groups excluding carboxylic acids is 1. The second-order valence-corrected chi connectivity index (χ2v) is 15.5. The van der Waals surface area contributed by atoms with E-state index in [9.17, 15) is 24.5 Å². The van der Waals surface area contributed by atoms with Gasteiger partial charge in [0.15, 0.2) is 0 Å². The maximum absolute atomic E-state index is 12.8. The number of unbranched alkanes of at least 4 members (excludes halogenated alkanes) is 20. The fraction of sp³-hybridized carbons (Fsp3) is 0.829. The zero-order valence-corrected chi connectivity index (χ0v) is 33.6. The number of nitrogens with two attached hydrogens (primary N) is 1. The topological polar surface area (TPSA) is 151 Å². The number of aliphatic hydroxyl groups is 2. The van der Waals surface area contributed by atoms with Crippen molar-refractivity contribution in [1.82, 2.24) is 5.32 Å². The first-order chi connectivity index (χ1) is 24.8. The molecule has 6 N–H and O–H groups in total. The van der Waals surface area contributed by atoms with E-state index in [0.717, 1.165) is 44.9 Å². The first-order valence-electron chi connectivity index (χ1n) is 20.7. The van der Waals surface area contributed by atoms with Crippen LogP contribution in [0.2, 0.25) is 0 Å². The number of phosphoric ester groups is 1. The molecule has 0 aromatic heterocycles. The Hall–Kier alpha value is -1.32. The van der Waals surface area contributed by atoms with Crippen LogP contribution in [0, 0.1) is 0 Å². The van der Waals surface area contributed by atoms with Crippen LogP contribution >= 0.6 is 7.82 Å². The van der Waals surface area contributed by atoms with Crippen LogP contribution in [-0.2, 0) is 18.4 Å². The van der Waals surface area contributed by atoms with Gasteiger partial charge < -0.3 is 26.2 Å². The number of allylic oxidation sites excluding steroid dienone is 5. The molecule has 9 nitrogen and oxygen atoms in total. The predicted octanol–water partition coefficient (Wildman–Crippen LogP) is 10.1. The van der Waals surface area contributed by atoms with Crippen molar-refractivity contribution < 1.29 is 33.5 Å². The van der Waals surface area contributed by atoms with Gasteiger partial charge in [-0.3, -0.25) is 13.8 Å². The van der Waals surface area contributed by atoms with Crippen LogP contribution in [-0.4, -0.2) is 59.0 Å². The molecule has 10 heteroatoms. The first kappa shape index (κ1) is 49.7. The van der Waals surface area contributed by atoms with Crippen molar-refractivity contribution >= 4 is 13.7 Å². The fourth-order valence-corrected chi connectivity index (χ4v) is 6.59. The lowest BCUT2D eigenvalue weighted by Crippen LogP contribution is -2.46. The molecule has 0 radical (unpaired) electrons. The van der Waals surface area contributed by atoms with Gasteiger partial charge in [-0.05, 0) is 57.8 Å². The van der Waals surface area contributed by atoms with Crippen molar-refractivity contribution in [3.05, 3.63) is 36.5 Å². The summed E-state index contributed by atoms with van der Waals surface area (Å²) in [6.07, 6.45) is 39.5. The fourth-order valence-electron chi connectivity index (χ4n) is 5.83. The van der Waals surface area contributed by atoms with Crippen LogP contribution in [0.4, 0.5) is 0 Å². The third-order valence-corrected chi connectivity index (χ3v) is 9.98. The summed E-state index contributed by atoms with van der Waals surface area (Å²) in [5, 5.41) is 23.9. The highest BCUT2D eigenvalue weighted by Crippen LogP contribution is 2.43. The molecule has 0 heterocycles. The highest BCUT2D eigenvalue weighted by Gasteiger charge is 2.27. The number of nitrogens with one attached hydrogen (secondary N) is 1. The van der Waals surface area contributed by atoms with Gasteiger partial charge in [0.2, 0.25) is 5.91 Å². The Kier molecular flexibility index (Phi) is 36.1. The van der Waals surface area contributed by atoms with Gasteiger partial charge in [-0.1, -0.05) is 153 Å². The minimum atomic E-state index is -4.40. The molecule has 300 valence electrons. The summed E-state index contributed by atoms with van der Waals surface area (Å²) >= 11 is 0. The standard InChI is InChI=1S/C41H79N2O7P/c1-3-5-7-9-11-13-15-16-17-18-19-20-21-23-24-26-28-30-32-38(44)36-41(46)43-39(37-50-51(47,48)49-35-34-42)40(45)33-31-29-27-25-22-14-12-10-8-6-4-2/h19-20,22,25,31,33,38-40,44-45H,3-18,21,23-24,26-30,32,34-37,42H2,1-2H3,(H,43,46)(H,47,48)/b20-19-,25-22+,33-31+. The molecule has 4 unspecified atom stereocenters. The number of amides is 1. The summed E-state index contributed by atoms with van der Waals surface area (Å²) in [5.41, 5.74) is 5.34. The molecule has 0 bridgehead atoms. The molecule has 0 saturated carbocycles. The third-order valence-electron chi connectivity index (χ3n) is 8.99. The van der Waals surface area contributed by atoms with E-state index < -0.39 is 38.6 Å². The lowest BCUT2D eigenvalue weighted by atomic mass is 10.0. The molecule has 0 spiro atoms. The third kappa shape index (κ3) is 35.5. The smallest absolute Gasteiger partial charge is 0.393 e. The normalized spacial score (nSPS) is 15.2. The predicted molar refractivity (Wildman–Crippen MR) is 214 cm³/mol. The Morgan fingerprint density at radius 3 is 1.63 bits per heavy atom. The Morgan fingerprint density at radius 1 is 0.667 bits per heavy atom. The van der Waals surface area contributed by atoms with E-state index in [0.29, 0.717) is 12.8 Å². The van der Waals surface area contributed by atoms with Crippen LogP contribution in [0.15, 0.2) is 36.5 Å². The molecular weight excluding hydrogens is 663 g/mol. The highest BCUT2D eigenvalue weighted by atomic mass is 31.2. The Bertz CT molecular complexity index is 914. The van der Waals surface area contributed by atoms with Gasteiger partial charge in [0.1, 0.15) is 0 Å². The molecular formula is C41H79N2O7P. The molecule has 0 aromatic carbocycles. The van der Waals surface area contributed by atoms with E-state index in [1.807, 2.05) is 6.08 Å². The van der Waals surface area contributed by atoms with Gasteiger partial charge in [-0.25, -0.2) is 4.57 Å². The molecule has 0 saturated heterocycles. The second kappa shape index (κ2) is 37.0. The quantitative estimate of drug-likeness (QED) is 0.0238. The lowest BCUT2D eigenvalue weighted by Gasteiger charge is -2.24. The van der Waals surface area contributed by atoms with Crippen molar-refractivity contribution in [3.8, 4) is 0 Å². The van der Waals surface area contributed by atoms with Crippen molar-refractivity contribution in [2.45, 2.75) is 199 Å². The minimum absolute atomic E-state index is 0.0431. The monoisotopic (exact) mass is 743 g/mol. The van der Waals surface area contributed by atoms with E-state index in [1.165, 1.54) is 103 Å². The number of hydrogen-bond donors (Lipinski definition) is 5. The largest absolute Gasteiger partial charge is 0.472 e. The van der Waals surface area contributed by atoms with Crippen LogP contribution in [0.3, 0.4) is 0 Å². The zero-order valence-electron chi connectivity index (χ0n) is 32.7. The molecule has 0 fully saturated rings. The maximum atomic E-state index is 12.8. The summed E-state index contributed by atoms with van der Waals surface area (Å²) in [5.74, 6) is -0.463. The molecule has 0 aromatic rings. The van der Waals surface area contributed by atoms with Gasteiger partial charge in [0.25, 0.3) is 0 Å². The Morgan fingerprint density at radius 2 is 1.12 bits per heavy atom. The zero-order chi connectivity index (χ0) is 37.7. The molecule has 0 aliphatic carbocycles. The van der Waals surface area contributed by atoms with Crippen molar-refractivity contribution in [2.24, 2.45) is 5.73 Å². The number of aliphatic hydroxyl groups excluding tert-OH is 2. The Balaban J connectivity index is 4.34. The van der Waals surface area contributed by atoms with Gasteiger partial charge >= 0.3 is 7.82 Å². The minimum Gasteiger partial charge on any atom is -0.393 e. The van der Waals surface area contributed by atoms with E-state index in [1.54, 1.807) is 6.08 Å². The number of rotatable bonds is 38. The van der Waals surface area contributed by atoms with Crippen molar-refractivity contribution in [3.63, 3.8) is 0 Å². The molecule has 0 aliphatic rings. The average molecular weight is 743 g/mol. The number of phosphoric acid groups is 1. The van der Waals surface area contributed by atoms with Crippen LogP contribution in [0.5, 0.6) is 0 Å². The maximum Gasteiger partial charge on any atom is 0.472 e. The molecule has 0 rings (SSSR count). The average Bonchev–Trinajstić information content (AvgIpc) is 3.10. The van der Waals surface area contributed by atoms with E-state index in [4.69, 9.17) is 14.8 Å². The number of hydrogen-bond acceptors (Lipinski definition) is 7.